The molecule has 0 fully saturated rings. The van der Waals surface area contributed by atoms with E-state index in [-0.39, 0.29) is 11.8 Å². The van der Waals surface area contributed by atoms with Crippen LogP contribution in [0.25, 0.3) is 0 Å². The first kappa shape index (κ1) is 15.7. The lowest BCUT2D eigenvalue weighted by Gasteiger charge is -2.21. The molecule has 0 saturated carbocycles. The molecule has 25 heavy (non-hydrogen) atoms. The zero-order valence-corrected chi connectivity index (χ0v) is 14.3. The highest BCUT2D eigenvalue weighted by atomic mass is 32.1. The Morgan fingerprint density at radius 3 is 2.68 bits per heavy atom. The highest BCUT2D eigenvalue weighted by Crippen LogP contribution is 2.41. The summed E-state index contributed by atoms with van der Waals surface area (Å²) in [6.07, 6.45) is 0.402. The molecule has 0 saturated heterocycles. The number of carbonyl (C=O) groups excluding carboxylic acids is 1. The van der Waals surface area contributed by atoms with Crippen LogP contribution < -0.4 is 15.8 Å². The van der Waals surface area contributed by atoms with Crippen molar-refractivity contribution < 1.29 is 9.53 Å². The van der Waals surface area contributed by atoms with E-state index in [1.54, 1.807) is 0 Å². The molecule has 1 aliphatic rings. The van der Waals surface area contributed by atoms with Gasteiger partial charge >= 0.3 is 0 Å². The molecule has 0 bridgehead atoms. The smallest absolute Gasteiger partial charge is 0.226 e. The van der Waals surface area contributed by atoms with Crippen LogP contribution in [0.1, 0.15) is 28.3 Å². The van der Waals surface area contributed by atoms with Crippen molar-refractivity contribution in [2.45, 2.75) is 18.9 Å². The van der Waals surface area contributed by atoms with Crippen LogP contribution in [-0.2, 0) is 11.4 Å². The Hall–Kier alpha value is -2.86. The minimum absolute atomic E-state index is 0.0123. The molecule has 1 aromatic heterocycles. The largest absolute Gasteiger partial charge is 0.489 e. The van der Waals surface area contributed by atoms with E-state index in [1.807, 2.05) is 54.6 Å². The number of amides is 1. The third kappa shape index (κ3) is 3.34. The topological polar surface area (TPSA) is 77.2 Å². The van der Waals surface area contributed by atoms with Crippen molar-refractivity contribution in [2.24, 2.45) is 0 Å². The molecule has 0 spiro atoms. The van der Waals surface area contributed by atoms with Crippen LogP contribution in [0.3, 0.4) is 0 Å². The van der Waals surface area contributed by atoms with Gasteiger partial charge in [0.05, 0.1) is 4.88 Å². The molecule has 1 amide bonds. The summed E-state index contributed by atoms with van der Waals surface area (Å²) >= 11 is 1.43. The SMILES string of the molecule is Nc1nc2c(s1)[C@@H](c1ccc(OCc3ccccc3)cc1)CC(=O)N2. The molecule has 3 aromatic rings. The molecule has 4 rings (SSSR count). The first-order valence-corrected chi connectivity index (χ1v) is 8.83. The van der Waals surface area contributed by atoms with Crippen molar-refractivity contribution in [1.82, 2.24) is 4.98 Å². The summed E-state index contributed by atoms with van der Waals surface area (Å²) in [6, 6.07) is 17.9. The molecule has 5 nitrogen and oxygen atoms in total. The highest BCUT2D eigenvalue weighted by Gasteiger charge is 2.29. The molecule has 0 radical (unpaired) electrons. The van der Waals surface area contributed by atoms with E-state index in [0.717, 1.165) is 21.8 Å². The number of ether oxygens (including phenoxy) is 1. The fourth-order valence-electron chi connectivity index (χ4n) is 2.94. The van der Waals surface area contributed by atoms with Gasteiger partial charge in [-0.2, -0.15) is 0 Å². The van der Waals surface area contributed by atoms with E-state index >= 15 is 0 Å². The molecule has 3 N–H and O–H groups in total. The minimum Gasteiger partial charge on any atom is -0.489 e. The Morgan fingerprint density at radius 2 is 1.92 bits per heavy atom. The normalized spacial score (nSPS) is 16.2. The highest BCUT2D eigenvalue weighted by molar-refractivity contribution is 7.16. The Bertz CT molecular complexity index is 891. The summed E-state index contributed by atoms with van der Waals surface area (Å²) in [7, 11) is 0. The molecule has 1 atom stereocenters. The van der Waals surface area contributed by atoms with E-state index in [2.05, 4.69) is 10.3 Å². The summed E-state index contributed by atoms with van der Waals surface area (Å²) in [5, 5.41) is 3.26. The first-order chi connectivity index (χ1) is 12.2. The van der Waals surface area contributed by atoms with Crippen LogP contribution >= 0.6 is 11.3 Å². The zero-order chi connectivity index (χ0) is 17.2. The number of hydrogen-bond donors (Lipinski definition) is 2. The molecule has 6 heteroatoms. The molecule has 2 heterocycles. The summed E-state index contributed by atoms with van der Waals surface area (Å²) < 4.78 is 5.82. The lowest BCUT2D eigenvalue weighted by Crippen LogP contribution is -2.22. The van der Waals surface area contributed by atoms with Gasteiger partial charge in [-0.15, -0.1) is 0 Å². The number of nitrogen functional groups attached to an aromatic ring is 1. The van der Waals surface area contributed by atoms with Crippen molar-refractivity contribution in [3.05, 3.63) is 70.6 Å². The molecule has 126 valence electrons. The van der Waals surface area contributed by atoms with Crippen molar-refractivity contribution >= 4 is 28.2 Å². The van der Waals surface area contributed by atoms with Gasteiger partial charge < -0.3 is 15.8 Å². The summed E-state index contributed by atoms with van der Waals surface area (Å²) in [6.45, 7) is 0.529. The molecular weight excluding hydrogens is 334 g/mol. The van der Waals surface area contributed by atoms with Crippen LogP contribution in [0.4, 0.5) is 10.9 Å². The maximum atomic E-state index is 11.9. The third-order valence-corrected chi connectivity index (χ3v) is 5.16. The van der Waals surface area contributed by atoms with Gasteiger partial charge in [0.1, 0.15) is 18.2 Å². The van der Waals surface area contributed by atoms with Gasteiger partial charge in [0.25, 0.3) is 0 Å². The number of nitrogens with zero attached hydrogens (tertiary/aromatic N) is 1. The lowest BCUT2D eigenvalue weighted by molar-refractivity contribution is -0.116. The number of hydrogen-bond acceptors (Lipinski definition) is 5. The Morgan fingerprint density at radius 1 is 1.16 bits per heavy atom. The van der Waals surface area contributed by atoms with Crippen molar-refractivity contribution in [3.63, 3.8) is 0 Å². The van der Waals surface area contributed by atoms with Crippen LogP contribution in [0, 0.1) is 0 Å². The maximum absolute atomic E-state index is 11.9. The Kier molecular flexibility index (Phi) is 4.11. The Balaban J connectivity index is 1.51. The number of thiazole rings is 1. The quantitative estimate of drug-likeness (QED) is 0.750. The summed E-state index contributed by atoms with van der Waals surface area (Å²) in [5.74, 6) is 1.35. The van der Waals surface area contributed by atoms with Crippen molar-refractivity contribution in [1.29, 1.82) is 0 Å². The second-order valence-corrected chi connectivity index (χ2v) is 6.98. The van der Waals surface area contributed by atoms with Crippen LogP contribution in [-0.4, -0.2) is 10.9 Å². The monoisotopic (exact) mass is 351 g/mol. The Labute approximate surface area is 149 Å². The maximum Gasteiger partial charge on any atom is 0.226 e. The molecule has 0 unspecified atom stereocenters. The molecular formula is C19H17N3O2S. The van der Waals surface area contributed by atoms with Gasteiger partial charge in [0.15, 0.2) is 5.13 Å². The molecule has 0 aliphatic carbocycles. The van der Waals surface area contributed by atoms with E-state index in [1.165, 1.54) is 11.3 Å². The molecule has 2 aromatic carbocycles. The van der Waals surface area contributed by atoms with Gasteiger partial charge in [0.2, 0.25) is 5.91 Å². The fraction of sp³-hybridized carbons (Fsp3) is 0.158. The zero-order valence-electron chi connectivity index (χ0n) is 13.4. The lowest BCUT2D eigenvalue weighted by atomic mass is 9.91. The van der Waals surface area contributed by atoms with E-state index in [9.17, 15) is 4.79 Å². The number of carbonyl (C=O) groups is 1. The van der Waals surface area contributed by atoms with Crippen molar-refractivity contribution in [2.75, 3.05) is 11.1 Å². The summed E-state index contributed by atoms with van der Waals surface area (Å²) in [4.78, 5) is 17.1. The number of nitrogens with one attached hydrogen (secondary N) is 1. The standard InChI is InChI=1S/C19H17N3O2S/c20-19-22-18-17(25-19)15(10-16(23)21-18)13-6-8-14(9-7-13)24-11-12-4-2-1-3-5-12/h1-9,15H,10-11H2,(H2,20,22)(H,21,23)/t15-/m1/s1. The minimum atomic E-state index is -0.0350. The van der Waals surface area contributed by atoms with Gasteiger partial charge in [-0.3, -0.25) is 4.79 Å². The fourth-order valence-corrected chi connectivity index (χ4v) is 3.86. The van der Waals surface area contributed by atoms with Crippen LogP contribution in [0.5, 0.6) is 5.75 Å². The molecule has 1 aliphatic heterocycles. The second kappa shape index (κ2) is 6.57. The number of fused-ring (bicyclic) bond motifs is 1. The predicted octanol–water partition coefficient (Wildman–Crippen LogP) is 3.78. The van der Waals surface area contributed by atoms with E-state index in [4.69, 9.17) is 10.5 Å². The predicted molar refractivity (Wildman–Crippen MR) is 98.8 cm³/mol. The van der Waals surface area contributed by atoms with Crippen LogP contribution in [0.15, 0.2) is 54.6 Å². The van der Waals surface area contributed by atoms with Gasteiger partial charge in [0, 0.05) is 12.3 Å². The van der Waals surface area contributed by atoms with E-state index < -0.39 is 0 Å². The second-order valence-electron chi connectivity index (χ2n) is 5.91. The summed E-state index contributed by atoms with van der Waals surface area (Å²) in [5.41, 5.74) is 7.99. The van der Waals surface area contributed by atoms with Crippen molar-refractivity contribution in [3.8, 4) is 5.75 Å². The van der Waals surface area contributed by atoms with Crippen LogP contribution in [0.2, 0.25) is 0 Å². The van der Waals surface area contributed by atoms with Gasteiger partial charge in [-0.1, -0.05) is 53.8 Å². The number of rotatable bonds is 4. The number of aromatic nitrogens is 1. The third-order valence-electron chi connectivity index (χ3n) is 4.16. The number of benzene rings is 2. The van der Waals surface area contributed by atoms with Gasteiger partial charge in [-0.25, -0.2) is 4.98 Å². The number of nitrogens with two attached hydrogens (primary N) is 1. The van der Waals surface area contributed by atoms with E-state index in [0.29, 0.717) is 24.0 Å². The average Bonchev–Trinajstić information content (AvgIpc) is 3.00. The average molecular weight is 351 g/mol. The first-order valence-electron chi connectivity index (χ1n) is 8.02. The van der Waals surface area contributed by atoms with Gasteiger partial charge in [-0.05, 0) is 23.3 Å². The number of anilines is 2.